The van der Waals surface area contributed by atoms with Crippen molar-refractivity contribution in [2.75, 3.05) is 20.1 Å². The van der Waals surface area contributed by atoms with Gasteiger partial charge in [0.2, 0.25) is 0 Å². The third-order valence-corrected chi connectivity index (χ3v) is 3.35. The lowest BCUT2D eigenvalue weighted by Gasteiger charge is -2.24. The zero-order valence-corrected chi connectivity index (χ0v) is 9.55. The summed E-state index contributed by atoms with van der Waals surface area (Å²) in [5, 5.41) is 0. The van der Waals surface area contributed by atoms with Gasteiger partial charge in [-0.3, -0.25) is 0 Å². The van der Waals surface area contributed by atoms with Crippen molar-refractivity contribution in [1.29, 1.82) is 0 Å². The van der Waals surface area contributed by atoms with E-state index < -0.39 is 0 Å². The van der Waals surface area contributed by atoms with E-state index in [1.54, 1.807) is 0 Å². The first kappa shape index (κ1) is 11.0. The van der Waals surface area contributed by atoms with Crippen molar-refractivity contribution in [2.45, 2.75) is 46.0 Å². The maximum Gasteiger partial charge on any atom is 0.000672 e. The number of likely N-dealkylation sites (tertiary alicyclic amines) is 1. The standard InChI is InChI=1S/C10H19N.C2H6/c1-11-7-9-3-2-4-10(8-11)6-5-9;1-2/h9-10H,2-8H2,1H3;1-2H3. The van der Waals surface area contributed by atoms with E-state index in [4.69, 9.17) is 0 Å². The zero-order valence-electron chi connectivity index (χ0n) is 9.55. The molecule has 0 amide bonds. The van der Waals surface area contributed by atoms with Crippen LogP contribution in [-0.2, 0) is 0 Å². The van der Waals surface area contributed by atoms with Crippen LogP contribution in [0.3, 0.4) is 0 Å². The third-order valence-electron chi connectivity index (χ3n) is 3.35. The van der Waals surface area contributed by atoms with Crippen molar-refractivity contribution in [3.05, 3.63) is 0 Å². The fourth-order valence-electron chi connectivity index (χ4n) is 2.78. The van der Waals surface area contributed by atoms with Gasteiger partial charge in [-0.2, -0.15) is 0 Å². The van der Waals surface area contributed by atoms with Gasteiger partial charge in [0.25, 0.3) is 0 Å². The summed E-state index contributed by atoms with van der Waals surface area (Å²) in [6.45, 7) is 6.74. The average molecular weight is 183 g/mol. The highest BCUT2D eigenvalue weighted by molar-refractivity contribution is 4.78. The second kappa shape index (κ2) is 5.64. The van der Waals surface area contributed by atoms with Crippen LogP contribution in [0.4, 0.5) is 0 Å². The van der Waals surface area contributed by atoms with Crippen LogP contribution in [0, 0.1) is 11.8 Å². The molecule has 0 N–H and O–H groups in total. The summed E-state index contributed by atoms with van der Waals surface area (Å²) in [5.41, 5.74) is 0. The zero-order chi connectivity index (χ0) is 9.68. The van der Waals surface area contributed by atoms with E-state index in [0.717, 1.165) is 11.8 Å². The Hall–Kier alpha value is -0.0400. The summed E-state index contributed by atoms with van der Waals surface area (Å²) < 4.78 is 0. The molecule has 1 aliphatic carbocycles. The Bertz CT molecular complexity index is 119. The van der Waals surface area contributed by atoms with Crippen LogP contribution < -0.4 is 0 Å². The summed E-state index contributed by atoms with van der Waals surface area (Å²) in [4.78, 5) is 2.54. The first-order chi connectivity index (χ1) is 6.34. The number of nitrogens with zero attached hydrogens (tertiary/aromatic N) is 1. The number of hydrogen-bond donors (Lipinski definition) is 0. The molecule has 2 fully saturated rings. The van der Waals surface area contributed by atoms with E-state index >= 15 is 0 Å². The summed E-state index contributed by atoms with van der Waals surface area (Å²) >= 11 is 0. The lowest BCUT2D eigenvalue weighted by molar-refractivity contribution is 0.238. The predicted molar refractivity (Wildman–Crippen MR) is 58.9 cm³/mol. The molecule has 1 saturated carbocycles. The molecule has 1 aliphatic heterocycles. The molecule has 2 aliphatic rings. The van der Waals surface area contributed by atoms with Gasteiger partial charge in [0.15, 0.2) is 0 Å². The van der Waals surface area contributed by atoms with E-state index in [-0.39, 0.29) is 0 Å². The highest BCUT2D eigenvalue weighted by atomic mass is 15.1. The van der Waals surface area contributed by atoms with Crippen molar-refractivity contribution < 1.29 is 0 Å². The van der Waals surface area contributed by atoms with Gasteiger partial charge in [0, 0.05) is 13.1 Å². The SMILES string of the molecule is CC.CN1CC2CCCC(CC2)C1. The summed E-state index contributed by atoms with van der Waals surface area (Å²) in [6.07, 6.45) is 7.52. The molecule has 78 valence electrons. The molecule has 0 aromatic carbocycles. The maximum absolute atomic E-state index is 2.54. The largest absolute Gasteiger partial charge is 0.306 e. The van der Waals surface area contributed by atoms with Crippen LogP contribution >= 0.6 is 0 Å². The third kappa shape index (κ3) is 3.30. The molecule has 1 heteroatoms. The monoisotopic (exact) mass is 183 g/mol. The van der Waals surface area contributed by atoms with E-state index in [1.165, 1.54) is 45.2 Å². The second-order valence-corrected chi connectivity index (χ2v) is 4.46. The normalized spacial score (nSPS) is 34.4. The van der Waals surface area contributed by atoms with Crippen molar-refractivity contribution in [3.63, 3.8) is 0 Å². The molecule has 1 heterocycles. The summed E-state index contributed by atoms with van der Waals surface area (Å²) in [6, 6.07) is 0. The molecule has 0 spiro atoms. The second-order valence-electron chi connectivity index (χ2n) is 4.46. The predicted octanol–water partition coefficient (Wildman–Crippen LogP) is 3.15. The Labute approximate surface area is 83.5 Å². The summed E-state index contributed by atoms with van der Waals surface area (Å²) in [5.74, 6) is 2.07. The fraction of sp³-hybridized carbons (Fsp3) is 1.00. The molecule has 2 atom stereocenters. The summed E-state index contributed by atoms with van der Waals surface area (Å²) in [7, 11) is 2.29. The van der Waals surface area contributed by atoms with Crippen LogP contribution in [0.1, 0.15) is 46.0 Å². The lowest BCUT2D eigenvalue weighted by atomic mass is 10.0. The molecule has 2 rings (SSSR count). The quantitative estimate of drug-likeness (QED) is 0.557. The Morgan fingerprint density at radius 3 is 1.77 bits per heavy atom. The van der Waals surface area contributed by atoms with Crippen LogP contribution in [-0.4, -0.2) is 25.0 Å². The highest BCUT2D eigenvalue weighted by Gasteiger charge is 2.24. The van der Waals surface area contributed by atoms with Gasteiger partial charge in [-0.05, 0) is 44.6 Å². The minimum atomic E-state index is 1.03. The van der Waals surface area contributed by atoms with E-state index in [0.29, 0.717) is 0 Å². The Kier molecular flexibility index (Phi) is 4.79. The Balaban J connectivity index is 0.000000396. The van der Waals surface area contributed by atoms with Crippen molar-refractivity contribution in [1.82, 2.24) is 4.90 Å². The number of fused-ring (bicyclic) bond motifs is 3. The van der Waals surface area contributed by atoms with Crippen LogP contribution in [0.25, 0.3) is 0 Å². The molecule has 0 radical (unpaired) electrons. The van der Waals surface area contributed by atoms with Gasteiger partial charge in [0.1, 0.15) is 0 Å². The van der Waals surface area contributed by atoms with Crippen LogP contribution in [0.15, 0.2) is 0 Å². The van der Waals surface area contributed by atoms with Crippen LogP contribution in [0.2, 0.25) is 0 Å². The first-order valence-corrected chi connectivity index (χ1v) is 6.03. The van der Waals surface area contributed by atoms with Crippen molar-refractivity contribution in [2.24, 2.45) is 11.8 Å². The highest BCUT2D eigenvalue weighted by Crippen LogP contribution is 2.31. The minimum absolute atomic E-state index is 1.03. The topological polar surface area (TPSA) is 3.24 Å². The number of rotatable bonds is 0. The number of hydrogen-bond acceptors (Lipinski definition) is 1. The van der Waals surface area contributed by atoms with Gasteiger partial charge >= 0.3 is 0 Å². The van der Waals surface area contributed by atoms with E-state index in [9.17, 15) is 0 Å². The Morgan fingerprint density at radius 1 is 0.846 bits per heavy atom. The minimum Gasteiger partial charge on any atom is -0.306 e. The molecule has 1 nitrogen and oxygen atoms in total. The molecule has 2 unspecified atom stereocenters. The van der Waals surface area contributed by atoms with E-state index in [1.807, 2.05) is 13.8 Å². The van der Waals surface area contributed by atoms with Crippen LogP contribution in [0.5, 0.6) is 0 Å². The molecule has 13 heavy (non-hydrogen) atoms. The van der Waals surface area contributed by atoms with Gasteiger partial charge in [-0.1, -0.05) is 20.3 Å². The molecular weight excluding hydrogens is 158 g/mol. The van der Waals surface area contributed by atoms with Gasteiger partial charge < -0.3 is 4.90 Å². The van der Waals surface area contributed by atoms with Gasteiger partial charge in [0.05, 0.1) is 0 Å². The maximum atomic E-state index is 2.54. The first-order valence-electron chi connectivity index (χ1n) is 6.03. The fourth-order valence-corrected chi connectivity index (χ4v) is 2.78. The molecule has 0 aromatic heterocycles. The van der Waals surface area contributed by atoms with Gasteiger partial charge in [-0.25, -0.2) is 0 Å². The van der Waals surface area contributed by atoms with Gasteiger partial charge in [-0.15, -0.1) is 0 Å². The molecule has 1 saturated heterocycles. The van der Waals surface area contributed by atoms with Crippen molar-refractivity contribution >= 4 is 0 Å². The molecule has 0 aromatic rings. The molecule has 2 bridgehead atoms. The smallest absolute Gasteiger partial charge is 0.000672 e. The van der Waals surface area contributed by atoms with Crippen molar-refractivity contribution in [3.8, 4) is 0 Å². The lowest BCUT2D eigenvalue weighted by Crippen LogP contribution is -2.28. The average Bonchev–Trinajstić information content (AvgIpc) is 2.41. The molecular formula is C12H25N. The van der Waals surface area contributed by atoms with E-state index in [2.05, 4.69) is 11.9 Å². The Morgan fingerprint density at radius 2 is 1.31 bits per heavy atom.